The molecular weight excluding hydrogens is 368 g/mol. The van der Waals surface area contributed by atoms with Crippen molar-refractivity contribution in [1.82, 2.24) is 5.32 Å². The molecule has 2 aromatic rings. The van der Waals surface area contributed by atoms with Crippen LogP contribution in [0, 0.1) is 0 Å². The van der Waals surface area contributed by atoms with Gasteiger partial charge in [-0.25, -0.2) is 4.99 Å². The Morgan fingerprint density at radius 1 is 0.724 bits per heavy atom. The summed E-state index contributed by atoms with van der Waals surface area (Å²) in [6.45, 7) is 20.1. The predicted octanol–water partition coefficient (Wildman–Crippen LogP) is 5.33. The molecule has 0 aliphatic carbocycles. The Bertz CT molecular complexity index is 817. The highest BCUT2D eigenvalue weighted by molar-refractivity contribution is 7.09. The summed E-state index contributed by atoms with van der Waals surface area (Å²) in [4.78, 5) is 4.86. The maximum atomic E-state index is 4.86. The van der Waals surface area contributed by atoms with Crippen LogP contribution in [0.2, 0.25) is 5.04 Å². The number of hydrogen-bond donors (Lipinski definition) is 1. The van der Waals surface area contributed by atoms with Crippen molar-refractivity contribution in [3.05, 3.63) is 66.0 Å². The Hall–Kier alpha value is -2.09. The summed E-state index contributed by atoms with van der Waals surface area (Å²) in [5, 5.41) is 7.75. The molecule has 0 saturated carbocycles. The van der Waals surface area contributed by atoms with Gasteiger partial charge in [0.05, 0.1) is 10.9 Å². The average Bonchev–Trinajstić information content (AvgIpc) is 2.59. The van der Waals surface area contributed by atoms with Crippen LogP contribution in [0.5, 0.6) is 0 Å². The minimum Gasteiger partial charge on any atom is -0.379 e. The van der Waals surface area contributed by atoms with Crippen molar-refractivity contribution < 1.29 is 0 Å². The van der Waals surface area contributed by atoms with E-state index in [1.165, 1.54) is 10.4 Å². The maximum absolute atomic E-state index is 4.86. The molecule has 2 nitrogen and oxygen atoms in total. The molecule has 0 aliphatic rings. The molecule has 2 rings (SSSR count). The van der Waals surface area contributed by atoms with Crippen molar-refractivity contribution in [2.24, 2.45) is 4.99 Å². The Balaban J connectivity index is 3.02. The van der Waals surface area contributed by atoms with Crippen molar-refractivity contribution in [3.8, 4) is 0 Å². The summed E-state index contributed by atoms with van der Waals surface area (Å²) in [5.74, 6) is 3.55. The summed E-state index contributed by atoms with van der Waals surface area (Å²) in [5.41, 5.74) is -0.279. The van der Waals surface area contributed by atoms with Gasteiger partial charge in [-0.05, 0) is 62.8 Å². The van der Waals surface area contributed by atoms with E-state index in [4.69, 9.17) is 4.99 Å². The summed E-state index contributed by atoms with van der Waals surface area (Å²) in [6.07, 6.45) is 0. The number of rotatable bonds is 4. The van der Waals surface area contributed by atoms with Crippen LogP contribution in [0.25, 0.3) is 0 Å². The summed E-state index contributed by atoms with van der Waals surface area (Å²) in [7, 11) is -2.49. The van der Waals surface area contributed by atoms with Crippen molar-refractivity contribution in [2.75, 3.05) is 0 Å². The van der Waals surface area contributed by atoms with Crippen LogP contribution in [0.1, 0.15) is 62.3 Å². The summed E-state index contributed by atoms with van der Waals surface area (Å²) >= 11 is 0. The van der Waals surface area contributed by atoms with E-state index in [9.17, 15) is 0 Å². The van der Waals surface area contributed by atoms with E-state index in [0.29, 0.717) is 0 Å². The van der Waals surface area contributed by atoms with E-state index in [1.807, 2.05) is 0 Å². The Labute approximate surface area is 179 Å². The molecule has 0 radical (unpaired) electrons. The molecule has 156 valence electrons. The van der Waals surface area contributed by atoms with Crippen LogP contribution < -0.4 is 15.7 Å². The second kappa shape index (κ2) is 8.34. The zero-order chi connectivity index (χ0) is 21.9. The van der Waals surface area contributed by atoms with Crippen molar-refractivity contribution in [2.45, 2.75) is 78.4 Å². The first-order chi connectivity index (χ1) is 13.3. The average molecular weight is 407 g/mol. The maximum Gasteiger partial charge on any atom is 0.185 e. The van der Waals surface area contributed by atoms with Gasteiger partial charge in [0.2, 0.25) is 0 Å². The summed E-state index contributed by atoms with van der Waals surface area (Å²) < 4.78 is 0. The van der Waals surface area contributed by atoms with E-state index < -0.39 is 8.07 Å². The largest absolute Gasteiger partial charge is 0.379 e. The zero-order valence-electron chi connectivity index (χ0n) is 19.7. The predicted molar refractivity (Wildman–Crippen MR) is 131 cm³/mol. The molecule has 0 atom stereocenters. The highest BCUT2D eigenvalue weighted by Crippen LogP contribution is 2.39. The fourth-order valence-corrected chi connectivity index (χ4v) is 9.44. The van der Waals surface area contributed by atoms with Gasteiger partial charge >= 0.3 is 0 Å². The first-order valence-corrected chi connectivity index (χ1v) is 12.5. The lowest BCUT2D eigenvalue weighted by Gasteiger charge is -2.46. The van der Waals surface area contributed by atoms with Crippen LogP contribution in [0.4, 0.5) is 0 Å². The van der Waals surface area contributed by atoms with E-state index in [-0.39, 0.29) is 16.1 Å². The minimum atomic E-state index is -2.49. The smallest absolute Gasteiger partial charge is 0.185 e. The zero-order valence-corrected chi connectivity index (χ0v) is 20.7. The lowest BCUT2D eigenvalue weighted by Crippen LogP contribution is -2.69. The van der Waals surface area contributed by atoms with Crippen LogP contribution in [-0.2, 0) is 0 Å². The van der Waals surface area contributed by atoms with E-state index in [0.717, 1.165) is 5.32 Å². The molecule has 0 saturated heterocycles. The molecule has 29 heavy (non-hydrogen) atoms. The first-order valence-electron chi connectivity index (χ1n) is 10.5. The quantitative estimate of drug-likeness (QED) is 0.539. The highest BCUT2D eigenvalue weighted by atomic mass is 28.3. The number of benzene rings is 2. The molecule has 1 N–H and O–H groups in total. The summed E-state index contributed by atoms with van der Waals surface area (Å²) in [6, 6.07) is 22.0. The van der Waals surface area contributed by atoms with Crippen LogP contribution in [0.3, 0.4) is 0 Å². The van der Waals surface area contributed by atoms with Crippen molar-refractivity contribution in [3.63, 3.8) is 0 Å². The van der Waals surface area contributed by atoms with E-state index in [2.05, 4.69) is 134 Å². The number of hydrogen-bond acceptors (Lipinski definition) is 2. The molecule has 0 spiro atoms. The second-order valence-electron chi connectivity index (χ2n) is 10.9. The molecule has 0 unspecified atom stereocenters. The molecule has 0 aromatic heterocycles. The Kier molecular flexibility index (Phi) is 6.67. The van der Waals surface area contributed by atoms with Crippen LogP contribution >= 0.6 is 0 Å². The molecule has 0 bridgehead atoms. The Morgan fingerprint density at radius 3 is 1.45 bits per heavy atom. The molecule has 0 heterocycles. The molecule has 2 aromatic carbocycles. The number of aliphatic imine (C=N–C) groups is 1. The van der Waals surface area contributed by atoms with Crippen molar-refractivity contribution >= 4 is 24.3 Å². The Morgan fingerprint density at radius 2 is 1.14 bits per heavy atom. The van der Waals surface area contributed by atoms with Gasteiger partial charge in [0.25, 0.3) is 0 Å². The standard InChI is InChI=1S/C26H38N2Si/c1-24(2,3)27-20-23(28-25(4,5)6)29(26(7,8)9,21-16-12-10-13-17-21)22-18-14-11-15-19-22/h10-19,28H,1-9H3. The topological polar surface area (TPSA) is 24.4 Å². The van der Waals surface area contributed by atoms with Gasteiger partial charge < -0.3 is 5.32 Å². The van der Waals surface area contributed by atoms with Crippen LogP contribution in [0.15, 0.2) is 71.0 Å². The van der Waals surface area contributed by atoms with Gasteiger partial charge in [-0.15, -0.1) is 0 Å². The molecule has 0 aliphatic heterocycles. The third-order valence-electron chi connectivity index (χ3n) is 4.92. The van der Waals surface area contributed by atoms with E-state index >= 15 is 0 Å². The second-order valence-corrected chi connectivity index (χ2v) is 15.5. The van der Waals surface area contributed by atoms with Gasteiger partial charge in [0, 0.05) is 5.54 Å². The van der Waals surface area contributed by atoms with E-state index in [1.54, 1.807) is 0 Å². The van der Waals surface area contributed by atoms with Gasteiger partial charge in [-0.1, -0.05) is 81.4 Å². The monoisotopic (exact) mass is 406 g/mol. The van der Waals surface area contributed by atoms with Crippen molar-refractivity contribution in [1.29, 1.82) is 0 Å². The van der Waals surface area contributed by atoms with Crippen LogP contribution in [-0.4, -0.2) is 25.0 Å². The minimum absolute atomic E-state index is 0.00366. The molecule has 0 fully saturated rings. The fraction of sp³-hybridized carbons (Fsp3) is 0.462. The van der Waals surface area contributed by atoms with Gasteiger partial charge in [0.15, 0.2) is 8.07 Å². The SMILES string of the molecule is CC(C)(C)N=C=C(NC(C)(C)C)[Si](c1ccccc1)(c1ccccc1)C(C)(C)C. The van der Waals surface area contributed by atoms with Gasteiger partial charge in [-0.2, -0.15) is 0 Å². The number of nitrogens with zero attached hydrogens (tertiary/aromatic N) is 1. The highest BCUT2D eigenvalue weighted by Gasteiger charge is 2.52. The number of nitrogens with one attached hydrogen (secondary N) is 1. The molecule has 0 amide bonds. The fourth-order valence-electron chi connectivity index (χ4n) is 3.88. The lowest BCUT2D eigenvalue weighted by atomic mass is 10.1. The normalized spacial score (nSPS) is 12.9. The first kappa shape index (κ1) is 23.2. The third-order valence-corrected chi connectivity index (χ3v) is 10.6. The molecular formula is C26H38N2Si. The van der Waals surface area contributed by atoms with Gasteiger partial charge in [-0.3, -0.25) is 0 Å². The third kappa shape index (κ3) is 5.50. The molecule has 3 heteroatoms. The van der Waals surface area contributed by atoms with Gasteiger partial charge in [0.1, 0.15) is 0 Å². The lowest BCUT2D eigenvalue weighted by molar-refractivity contribution is 0.483.